The second-order valence-corrected chi connectivity index (χ2v) is 9.36. The predicted molar refractivity (Wildman–Crippen MR) is 107 cm³/mol. The molecule has 2 bridgehead atoms. The molecule has 4 rings (SSSR count). The average Bonchev–Trinajstić information content (AvgIpc) is 3.19. The number of fused-ring (bicyclic) bond motifs is 1. The molecule has 0 aromatic heterocycles. The summed E-state index contributed by atoms with van der Waals surface area (Å²) in [6.07, 6.45) is 3.86. The fraction of sp³-hybridized carbons (Fsp3) is 0.696. The van der Waals surface area contributed by atoms with Crippen molar-refractivity contribution in [3.05, 3.63) is 29.8 Å². The van der Waals surface area contributed by atoms with Crippen molar-refractivity contribution < 1.29 is 19.0 Å². The number of hydrogen-bond donors (Lipinski definition) is 1. The third-order valence-electron chi connectivity index (χ3n) is 7.77. The molecule has 154 valence electrons. The Morgan fingerprint density at radius 1 is 1.32 bits per heavy atom. The molecule has 1 heterocycles. The van der Waals surface area contributed by atoms with Gasteiger partial charge in [0.25, 0.3) is 0 Å². The first-order valence-electron chi connectivity index (χ1n) is 10.5. The molecule has 1 aromatic rings. The highest BCUT2D eigenvalue weighted by Gasteiger charge is 2.68. The van der Waals surface area contributed by atoms with E-state index in [1.54, 1.807) is 14.2 Å². The molecule has 1 amide bonds. The number of carbonyl (C=O) groups is 1. The lowest BCUT2D eigenvalue weighted by Gasteiger charge is -2.53. The summed E-state index contributed by atoms with van der Waals surface area (Å²) in [4.78, 5) is 12.6. The summed E-state index contributed by atoms with van der Waals surface area (Å²) < 4.78 is 16.9. The van der Waals surface area contributed by atoms with Crippen LogP contribution in [0.15, 0.2) is 24.3 Å². The van der Waals surface area contributed by atoms with Gasteiger partial charge in [-0.2, -0.15) is 0 Å². The monoisotopic (exact) mass is 387 g/mol. The molecular weight excluding hydrogens is 354 g/mol. The molecule has 5 heteroatoms. The number of benzene rings is 1. The zero-order valence-electron chi connectivity index (χ0n) is 17.5. The molecule has 0 unspecified atom stereocenters. The number of rotatable bonds is 6. The number of methoxy groups -OCH3 is 2. The molecule has 1 saturated heterocycles. The maximum absolute atomic E-state index is 12.6. The van der Waals surface area contributed by atoms with Gasteiger partial charge in [-0.05, 0) is 59.6 Å². The van der Waals surface area contributed by atoms with Crippen LogP contribution in [0.4, 0.5) is 0 Å². The minimum Gasteiger partial charge on any atom is -0.497 e. The van der Waals surface area contributed by atoms with Crippen LogP contribution in [0, 0.1) is 22.7 Å². The molecule has 1 aromatic carbocycles. The van der Waals surface area contributed by atoms with Crippen LogP contribution in [-0.2, 0) is 14.3 Å². The van der Waals surface area contributed by atoms with Gasteiger partial charge in [-0.25, -0.2) is 0 Å². The molecule has 3 fully saturated rings. The summed E-state index contributed by atoms with van der Waals surface area (Å²) in [5.74, 6) is 2.01. The number of ether oxygens (including phenoxy) is 3. The Bertz CT molecular complexity index is 733. The lowest BCUT2D eigenvalue weighted by atomic mass is 9.59. The molecule has 28 heavy (non-hydrogen) atoms. The van der Waals surface area contributed by atoms with Gasteiger partial charge in [-0.1, -0.05) is 26.0 Å². The summed E-state index contributed by atoms with van der Waals surface area (Å²) in [5.41, 5.74) is 1.41. The SMILES string of the molecule is COCCC(=O)N[C@H]1C(C)(C)[C@@H]2C[C@@H]3[C@@H](c4cccc(OC)c4)OCC[C@@]31C2. The van der Waals surface area contributed by atoms with Crippen LogP contribution in [0.5, 0.6) is 5.75 Å². The molecule has 2 saturated carbocycles. The third kappa shape index (κ3) is 3.03. The highest BCUT2D eigenvalue weighted by atomic mass is 16.5. The van der Waals surface area contributed by atoms with Crippen LogP contribution in [0.1, 0.15) is 51.2 Å². The first-order chi connectivity index (χ1) is 13.4. The lowest BCUT2D eigenvalue weighted by molar-refractivity contribution is -0.137. The fourth-order valence-electron chi connectivity index (χ4n) is 6.36. The third-order valence-corrected chi connectivity index (χ3v) is 7.77. The maximum atomic E-state index is 12.6. The van der Waals surface area contributed by atoms with Crippen LogP contribution < -0.4 is 10.1 Å². The van der Waals surface area contributed by atoms with Crippen molar-refractivity contribution >= 4 is 5.91 Å². The molecule has 1 spiro atoms. The van der Waals surface area contributed by atoms with Crippen molar-refractivity contribution in [3.63, 3.8) is 0 Å². The Morgan fingerprint density at radius 2 is 2.14 bits per heavy atom. The molecule has 0 radical (unpaired) electrons. The molecule has 2 aliphatic carbocycles. The van der Waals surface area contributed by atoms with Crippen LogP contribution in [0.3, 0.4) is 0 Å². The van der Waals surface area contributed by atoms with E-state index in [0.717, 1.165) is 18.8 Å². The average molecular weight is 388 g/mol. The lowest BCUT2D eigenvalue weighted by Crippen LogP contribution is -2.59. The second kappa shape index (κ2) is 7.34. The van der Waals surface area contributed by atoms with Gasteiger partial charge in [0.1, 0.15) is 5.75 Å². The number of hydrogen-bond acceptors (Lipinski definition) is 4. The zero-order valence-corrected chi connectivity index (χ0v) is 17.5. The van der Waals surface area contributed by atoms with Crippen LogP contribution in [0.2, 0.25) is 0 Å². The largest absolute Gasteiger partial charge is 0.497 e. The summed E-state index contributed by atoms with van der Waals surface area (Å²) in [6, 6.07) is 8.46. The van der Waals surface area contributed by atoms with E-state index in [2.05, 4.69) is 31.3 Å². The van der Waals surface area contributed by atoms with E-state index in [1.165, 1.54) is 18.4 Å². The van der Waals surface area contributed by atoms with Crippen molar-refractivity contribution in [2.75, 3.05) is 27.4 Å². The van der Waals surface area contributed by atoms with E-state index in [9.17, 15) is 4.79 Å². The second-order valence-electron chi connectivity index (χ2n) is 9.36. The predicted octanol–water partition coefficient (Wildman–Crippen LogP) is 3.73. The molecule has 5 nitrogen and oxygen atoms in total. The highest BCUT2D eigenvalue weighted by Crippen LogP contribution is 2.70. The van der Waals surface area contributed by atoms with Gasteiger partial charge >= 0.3 is 0 Å². The van der Waals surface area contributed by atoms with E-state index < -0.39 is 0 Å². The first-order valence-corrected chi connectivity index (χ1v) is 10.5. The normalized spacial score (nSPS) is 35.4. The van der Waals surface area contributed by atoms with E-state index in [0.29, 0.717) is 24.9 Å². The molecular formula is C23H33NO4. The van der Waals surface area contributed by atoms with Crippen LogP contribution >= 0.6 is 0 Å². The minimum absolute atomic E-state index is 0.0725. The van der Waals surface area contributed by atoms with Crippen molar-refractivity contribution in [1.29, 1.82) is 0 Å². The minimum atomic E-state index is 0.0725. The van der Waals surface area contributed by atoms with Crippen molar-refractivity contribution in [1.82, 2.24) is 5.32 Å². The maximum Gasteiger partial charge on any atom is 0.222 e. The van der Waals surface area contributed by atoms with Crippen molar-refractivity contribution in [2.45, 2.75) is 51.7 Å². The van der Waals surface area contributed by atoms with E-state index >= 15 is 0 Å². The Kier molecular flexibility index (Phi) is 5.17. The highest BCUT2D eigenvalue weighted by molar-refractivity contribution is 5.76. The van der Waals surface area contributed by atoms with Gasteiger partial charge in [-0.15, -0.1) is 0 Å². The van der Waals surface area contributed by atoms with Gasteiger partial charge < -0.3 is 19.5 Å². The summed E-state index contributed by atoms with van der Waals surface area (Å²) in [7, 11) is 3.34. The first kappa shape index (κ1) is 19.7. The van der Waals surface area contributed by atoms with Gasteiger partial charge in [0.15, 0.2) is 0 Å². The van der Waals surface area contributed by atoms with Gasteiger partial charge in [0.05, 0.1) is 19.8 Å². The van der Waals surface area contributed by atoms with Gasteiger partial charge in [0, 0.05) is 26.2 Å². The molecule has 3 aliphatic rings. The Labute approximate surface area is 168 Å². The topological polar surface area (TPSA) is 56.8 Å². The van der Waals surface area contributed by atoms with Crippen molar-refractivity contribution in [2.24, 2.45) is 22.7 Å². The van der Waals surface area contributed by atoms with Crippen molar-refractivity contribution in [3.8, 4) is 5.75 Å². The smallest absolute Gasteiger partial charge is 0.222 e. The molecule has 5 atom stereocenters. The van der Waals surface area contributed by atoms with E-state index in [4.69, 9.17) is 14.2 Å². The van der Waals surface area contributed by atoms with E-state index in [-0.39, 0.29) is 28.9 Å². The number of carbonyl (C=O) groups excluding carboxylic acids is 1. The molecule has 1 N–H and O–H groups in total. The summed E-state index contributed by atoms with van der Waals surface area (Å²) in [5, 5.41) is 3.42. The fourth-order valence-corrected chi connectivity index (χ4v) is 6.36. The zero-order chi connectivity index (χ0) is 19.9. The van der Waals surface area contributed by atoms with Crippen LogP contribution in [-0.4, -0.2) is 39.4 Å². The Balaban J connectivity index is 1.63. The standard InChI is InChI=1S/C23H33NO4/c1-22(2)16-13-18-20(15-6-5-7-17(12-15)27-4)28-11-9-23(18,14-16)21(22)24-19(25)8-10-26-3/h5-7,12,16,18,20-21H,8-11,13-14H2,1-4H3,(H,24,25)/t16-,18-,20-,21+,23-/m1/s1. The molecule has 1 aliphatic heterocycles. The Morgan fingerprint density at radius 3 is 2.89 bits per heavy atom. The van der Waals surface area contributed by atoms with Gasteiger partial charge in [-0.3, -0.25) is 4.79 Å². The quantitative estimate of drug-likeness (QED) is 0.808. The summed E-state index contributed by atoms with van der Waals surface area (Å²) in [6.45, 7) is 5.87. The van der Waals surface area contributed by atoms with Crippen LogP contribution in [0.25, 0.3) is 0 Å². The van der Waals surface area contributed by atoms with E-state index in [1.807, 2.05) is 12.1 Å². The Hall–Kier alpha value is -1.59. The number of nitrogens with one attached hydrogen (secondary N) is 1. The summed E-state index contributed by atoms with van der Waals surface area (Å²) >= 11 is 0. The number of amides is 1. The van der Waals surface area contributed by atoms with Gasteiger partial charge in [0.2, 0.25) is 5.91 Å².